The van der Waals surface area contributed by atoms with Crippen molar-refractivity contribution in [2.75, 3.05) is 59.4 Å². The minimum Gasteiger partial charge on any atom is -0.367 e. The summed E-state index contributed by atoms with van der Waals surface area (Å²) in [6.45, 7) is 10.3. The first kappa shape index (κ1) is 31.8. The molecule has 0 N–H and O–H groups in total. The Hall–Kier alpha value is -2.70. The largest absolute Gasteiger partial charge is 0.367 e. The quantitative estimate of drug-likeness (QED) is 0.347. The summed E-state index contributed by atoms with van der Waals surface area (Å²) < 4.78 is 67.4. The van der Waals surface area contributed by atoms with E-state index < -0.39 is 31.9 Å². The van der Waals surface area contributed by atoms with Crippen LogP contribution in [0.5, 0.6) is 0 Å². The Bertz CT molecular complexity index is 1310. The highest BCUT2D eigenvalue weighted by Crippen LogP contribution is 2.31. The van der Waals surface area contributed by atoms with Crippen LogP contribution in [0.2, 0.25) is 0 Å². The molecule has 40 heavy (non-hydrogen) atoms. The highest BCUT2D eigenvalue weighted by atomic mass is 32.3. The maximum atomic E-state index is 15.5. The summed E-state index contributed by atoms with van der Waals surface area (Å²) in [4.78, 5) is 19.2. The maximum absolute atomic E-state index is 15.5. The Balaban J connectivity index is 1.85. The van der Waals surface area contributed by atoms with E-state index in [1.54, 1.807) is 13.8 Å². The van der Waals surface area contributed by atoms with Crippen LogP contribution in [0.15, 0.2) is 48.5 Å². The molecular formula is C28H41FN4O5S2. The van der Waals surface area contributed by atoms with E-state index in [1.165, 1.54) is 12.1 Å². The molecule has 222 valence electrons. The van der Waals surface area contributed by atoms with E-state index in [1.807, 2.05) is 54.0 Å². The lowest BCUT2D eigenvalue weighted by molar-refractivity contribution is -0.137. The van der Waals surface area contributed by atoms with Crippen molar-refractivity contribution in [1.82, 2.24) is 9.80 Å². The summed E-state index contributed by atoms with van der Waals surface area (Å²) >= 11 is 0. The minimum atomic E-state index is -4.20. The summed E-state index contributed by atoms with van der Waals surface area (Å²) in [5, 5.41) is 0. The van der Waals surface area contributed by atoms with Gasteiger partial charge in [-0.1, -0.05) is 44.2 Å². The second-order valence-electron chi connectivity index (χ2n) is 9.81. The van der Waals surface area contributed by atoms with Crippen LogP contribution in [0, 0.1) is 5.82 Å². The van der Waals surface area contributed by atoms with E-state index in [4.69, 9.17) is 0 Å². The normalized spacial score (nSPS) is 15.6. The Labute approximate surface area is 238 Å². The summed E-state index contributed by atoms with van der Waals surface area (Å²) in [5.74, 6) is -1.40. The number of likely N-dealkylation sites (N-methyl/N-ethyl adjacent to an activating group) is 1. The lowest BCUT2D eigenvalue weighted by Crippen LogP contribution is -2.52. The highest BCUT2D eigenvalue weighted by molar-refractivity contribution is 8.10. The predicted octanol–water partition coefficient (Wildman–Crippen LogP) is 3.84. The molecule has 3 rings (SSSR count). The van der Waals surface area contributed by atoms with E-state index >= 15 is 4.39 Å². The maximum Gasteiger partial charge on any atom is 0.248 e. The van der Waals surface area contributed by atoms with E-state index in [0.29, 0.717) is 43.0 Å². The van der Waals surface area contributed by atoms with Gasteiger partial charge in [-0.2, -0.15) is 3.71 Å². The first-order valence-electron chi connectivity index (χ1n) is 13.9. The van der Waals surface area contributed by atoms with Crippen LogP contribution in [-0.4, -0.2) is 83.3 Å². The topological polar surface area (TPSA) is 98.3 Å². The lowest BCUT2D eigenvalue weighted by atomic mass is 10.0. The number of anilines is 2. The number of hydrogen-bond donors (Lipinski definition) is 0. The molecule has 1 unspecified atom stereocenters. The summed E-state index contributed by atoms with van der Waals surface area (Å²) in [7, 11) is -8.40. The number of amides is 1. The first-order chi connectivity index (χ1) is 19.0. The summed E-state index contributed by atoms with van der Waals surface area (Å²) in [6, 6.07) is 13.0. The number of halogens is 1. The third-order valence-electron chi connectivity index (χ3n) is 7.02. The van der Waals surface area contributed by atoms with Gasteiger partial charge in [0.2, 0.25) is 26.0 Å². The van der Waals surface area contributed by atoms with Crippen LogP contribution in [0.4, 0.5) is 15.8 Å². The van der Waals surface area contributed by atoms with Crippen LogP contribution < -0.4 is 8.61 Å². The lowest BCUT2D eigenvalue weighted by Gasteiger charge is -2.41. The number of carbonyl (C=O) groups is 1. The van der Waals surface area contributed by atoms with Crippen LogP contribution >= 0.6 is 0 Å². The average Bonchev–Trinajstić information content (AvgIpc) is 2.90. The average molecular weight is 597 g/mol. The fourth-order valence-corrected chi connectivity index (χ4v) is 9.18. The number of hydrogen-bond acceptors (Lipinski definition) is 7. The minimum absolute atomic E-state index is 0.0295. The molecule has 2 aromatic rings. The molecule has 1 amide bonds. The number of piperazine rings is 1. The van der Waals surface area contributed by atoms with Gasteiger partial charge in [0, 0.05) is 45.3 Å². The fraction of sp³-hybridized carbons (Fsp3) is 0.536. The van der Waals surface area contributed by atoms with Crippen molar-refractivity contribution in [2.45, 2.75) is 46.6 Å². The zero-order valence-electron chi connectivity index (χ0n) is 23.8. The van der Waals surface area contributed by atoms with Crippen LogP contribution in [0.3, 0.4) is 0 Å². The number of benzene rings is 2. The van der Waals surface area contributed by atoms with Crippen molar-refractivity contribution in [2.24, 2.45) is 0 Å². The van der Waals surface area contributed by atoms with E-state index in [2.05, 4.69) is 4.90 Å². The van der Waals surface area contributed by atoms with Gasteiger partial charge in [0.15, 0.2) is 0 Å². The van der Waals surface area contributed by atoms with Crippen molar-refractivity contribution in [3.63, 3.8) is 0 Å². The number of nitrogens with zero attached hydrogens (tertiary/aromatic N) is 4. The Morgan fingerprint density at radius 1 is 0.850 bits per heavy atom. The molecule has 12 heteroatoms. The Kier molecular flexibility index (Phi) is 11.0. The van der Waals surface area contributed by atoms with Gasteiger partial charge in [-0.15, -0.1) is 0 Å². The zero-order chi connectivity index (χ0) is 29.5. The number of rotatable bonds is 13. The van der Waals surface area contributed by atoms with Crippen LogP contribution in [0.1, 0.15) is 52.1 Å². The summed E-state index contributed by atoms with van der Waals surface area (Å²) in [6.07, 6.45) is 0.456. The van der Waals surface area contributed by atoms with Crippen molar-refractivity contribution in [1.29, 1.82) is 0 Å². The molecular weight excluding hydrogens is 555 g/mol. The molecule has 0 radical (unpaired) electrons. The smallest absolute Gasteiger partial charge is 0.248 e. The molecule has 1 fully saturated rings. The molecule has 0 spiro atoms. The Morgan fingerprint density at radius 3 is 1.88 bits per heavy atom. The third kappa shape index (κ3) is 7.13. The SMILES string of the molecule is CCCS(=O)(=O)N(c1ccc(N2CCN(C(C(=O)N(CC)CC)c3ccccc3)CC2)c(F)c1)S(=O)(=O)CCC. The predicted molar refractivity (Wildman–Crippen MR) is 158 cm³/mol. The molecule has 1 atom stereocenters. The van der Waals surface area contributed by atoms with Gasteiger partial charge in [-0.05, 0) is 44.4 Å². The molecule has 2 aromatic carbocycles. The van der Waals surface area contributed by atoms with Gasteiger partial charge in [-0.25, -0.2) is 21.2 Å². The van der Waals surface area contributed by atoms with E-state index in [9.17, 15) is 21.6 Å². The molecule has 0 aliphatic carbocycles. The first-order valence-corrected chi connectivity index (χ1v) is 17.1. The van der Waals surface area contributed by atoms with Crippen molar-refractivity contribution in [3.05, 3.63) is 59.9 Å². The van der Waals surface area contributed by atoms with Gasteiger partial charge in [-0.3, -0.25) is 9.69 Å². The highest BCUT2D eigenvalue weighted by Gasteiger charge is 2.35. The molecule has 0 aromatic heterocycles. The number of carbonyl (C=O) groups excluding carboxylic acids is 1. The molecule has 0 saturated carbocycles. The van der Waals surface area contributed by atoms with Gasteiger partial charge in [0.1, 0.15) is 11.9 Å². The van der Waals surface area contributed by atoms with Gasteiger partial charge in [0.05, 0.1) is 22.9 Å². The zero-order valence-corrected chi connectivity index (χ0v) is 25.4. The van der Waals surface area contributed by atoms with Gasteiger partial charge >= 0.3 is 0 Å². The third-order valence-corrected chi connectivity index (χ3v) is 11.7. The second kappa shape index (κ2) is 13.8. The van der Waals surface area contributed by atoms with Crippen molar-refractivity contribution >= 4 is 37.3 Å². The standard InChI is InChI=1S/C28H41FN4O5S2/c1-5-20-39(35,36)33(40(37,38)21-6-2)24-14-15-26(25(29)22-24)31-16-18-32(19-17-31)27(23-12-10-9-11-13-23)28(34)30(7-3)8-4/h9-15,22,27H,5-8,16-21H2,1-4H3. The van der Waals surface area contributed by atoms with Gasteiger partial charge < -0.3 is 9.80 Å². The fourth-order valence-electron chi connectivity index (χ4n) is 5.12. The molecule has 1 aliphatic rings. The van der Waals surface area contributed by atoms with Crippen LogP contribution in [0.25, 0.3) is 0 Å². The van der Waals surface area contributed by atoms with Gasteiger partial charge in [0.25, 0.3) is 0 Å². The van der Waals surface area contributed by atoms with Crippen molar-refractivity contribution in [3.8, 4) is 0 Å². The van der Waals surface area contributed by atoms with Crippen molar-refractivity contribution < 1.29 is 26.0 Å². The summed E-state index contributed by atoms with van der Waals surface area (Å²) in [5.41, 5.74) is 0.941. The molecule has 0 bridgehead atoms. The monoisotopic (exact) mass is 596 g/mol. The molecule has 1 aliphatic heterocycles. The molecule has 1 saturated heterocycles. The Morgan fingerprint density at radius 2 is 1.40 bits per heavy atom. The second-order valence-corrected chi connectivity index (χ2v) is 13.9. The number of sulfonamides is 2. The molecule has 1 heterocycles. The van der Waals surface area contributed by atoms with Crippen LogP contribution in [-0.2, 0) is 24.8 Å². The van der Waals surface area contributed by atoms with E-state index in [0.717, 1.165) is 11.6 Å². The molecule has 9 nitrogen and oxygen atoms in total. The van der Waals surface area contributed by atoms with E-state index in [-0.39, 0.29) is 41.6 Å².